The fraction of sp³-hybridized carbons (Fsp3) is 0.297. The summed E-state index contributed by atoms with van der Waals surface area (Å²) in [5.41, 5.74) is 2.11. The van der Waals surface area contributed by atoms with E-state index >= 15 is 0 Å². The van der Waals surface area contributed by atoms with Gasteiger partial charge in [-0.1, -0.05) is 73.7 Å². The number of nitrogens with zero attached hydrogens (tertiary/aromatic N) is 2. The van der Waals surface area contributed by atoms with Crippen LogP contribution in [0.1, 0.15) is 41.4 Å². The van der Waals surface area contributed by atoms with Gasteiger partial charge in [0.05, 0.1) is 23.9 Å². The van der Waals surface area contributed by atoms with Gasteiger partial charge >= 0.3 is 0 Å². The molecule has 4 aromatic carbocycles. The Morgan fingerprint density at radius 3 is 2.30 bits per heavy atom. The molecule has 0 unspecified atom stereocenters. The maximum atomic E-state index is 13.8. The van der Waals surface area contributed by atoms with Crippen LogP contribution in [0.4, 0.5) is 5.69 Å². The van der Waals surface area contributed by atoms with Crippen molar-refractivity contribution in [2.24, 2.45) is 5.92 Å². The smallest absolute Gasteiger partial charge is 0.258 e. The minimum Gasteiger partial charge on any atom is -0.486 e. The standard InChI is InChI=1S/C37H41N3O6/c1-25-21-40(26(2)24-41)37(44)31-15-10-16-32(38-36(43)34(42)28-11-6-4-7-12-28)35(31)46-33(25)23-39(3)22-27-17-19-30(20-18-27)45-29-13-8-5-9-14-29/h4-20,25-26,33-34,41-42H,21-24H2,1-3H3,(H,38,43)/t25-,26+,33-,34-/m1/s1. The number of likely N-dealkylation sites (N-methyl/N-ethyl adjacent to an activating group) is 1. The largest absolute Gasteiger partial charge is 0.486 e. The summed E-state index contributed by atoms with van der Waals surface area (Å²) in [4.78, 5) is 30.7. The predicted octanol–water partition coefficient (Wildman–Crippen LogP) is 5.50. The van der Waals surface area contributed by atoms with Crippen LogP contribution in [-0.4, -0.2) is 70.7 Å². The number of aliphatic hydroxyl groups is 2. The number of carbonyl (C=O) groups excluding carboxylic acids is 2. The molecule has 4 aromatic rings. The monoisotopic (exact) mass is 623 g/mol. The van der Waals surface area contributed by atoms with Crippen molar-refractivity contribution < 1.29 is 29.3 Å². The number of aliphatic hydroxyl groups excluding tert-OH is 2. The molecule has 240 valence electrons. The van der Waals surface area contributed by atoms with Crippen molar-refractivity contribution in [3.63, 3.8) is 0 Å². The van der Waals surface area contributed by atoms with Crippen molar-refractivity contribution >= 4 is 17.5 Å². The number of ether oxygens (including phenoxy) is 2. The number of rotatable bonds is 11. The first-order valence-corrected chi connectivity index (χ1v) is 15.5. The molecule has 0 saturated heterocycles. The van der Waals surface area contributed by atoms with E-state index in [4.69, 9.17) is 9.47 Å². The Labute approximate surface area is 270 Å². The maximum absolute atomic E-state index is 13.8. The summed E-state index contributed by atoms with van der Waals surface area (Å²) in [7, 11) is 2.01. The lowest BCUT2D eigenvalue weighted by Gasteiger charge is -2.38. The maximum Gasteiger partial charge on any atom is 0.258 e. The first-order chi connectivity index (χ1) is 22.2. The van der Waals surface area contributed by atoms with Crippen LogP contribution in [0.3, 0.4) is 0 Å². The lowest BCUT2D eigenvalue weighted by Crippen LogP contribution is -2.49. The topological polar surface area (TPSA) is 112 Å². The first kappa shape index (κ1) is 32.7. The van der Waals surface area contributed by atoms with E-state index in [1.165, 1.54) is 0 Å². The van der Waals surface area contributed by atoms with E-state index in [1.54, 1.807) is 60.4 Å². The number of hydrogen-bond donors (Lipinski definition) is 3. The average molecular weight is 624 g/mol. The first-order valence-electron chi connectivity index (χ1n) is 15.5. The molecule has 3 N–H and O–H groups in total. The fourth-order valence-electron chi connectivity index (χ4n) is 5.52. The molecule has 5 rings (SSSR count). The number of hydrogen-bond acceptors (Lipinski definition) is 7. The van der Waals surface area contributed by atoms with Crippen molar-refractivity contribution in [3.05, 3.63) is 120 Å². The molecule has 9 nitrogen and oxygen atoms in total. The summed E-state index contributed by atoms with van der Waals surface area (Å²) < 4.78 is 12.6. The molecule has 0 aromatic heterocycles. The van der Waals surface area contributed by atoms with E-state index in [9.17, 15) is 19.8 Å². The summed E-state index contributed by atoms with van der Waals surface area (Å²) in [6, 6.07) is 30.8. The Balaban J connectivity index is 1.36. The molecular weight excluding hydrogens is 582 g/mol. The summed E-state index contributed by atoms with van der Waals surface area (Å²) in [5, 5.41) is 23.5. The van der Waals surface area contributed by atoms with Crippen LogP contribution >= 0.6 is 0 Å². The van der Waals surface area contributed by atoms with E-state index < -0.39 is 18.1 Å². The van der Waals surface area contributed by atoms with Gasteiger partial charge in [0, 0.05) is 25.6 Å². The Morgan fingerprint density at radius 2 is 1.63 bits per heavy atom. The van der Waals surface area contributed by atoms with Gasteiger partial charge in [0.2, 0.25) is 0 Å². The fourth-order valence-corrected chi connectivity index (χ4v) is 5.52. The number of fused-ring (bicyclic) bond motifs is 1. The van der Waals surface area contributed by atoms with Gasteiger partial charge in [-0.3, -0.25) is 14.5 Å². The minimum atomic E-state index is -1.41. The average Bonchev–Trinajstić information content (AvgIpc) is 3.07. The lowest BCUT2D eigenvalue weighted by atomic mass is 9.98. The summed E-state index contributed by atoms with van der Waals surface area (Å²) in [5.74, 6) is 0.710. The van der Waals surface area contributed by atoms with Gasteiger partial charge in [-0.15, -0.1) is 0 Å². The van der Waals surface area contributed by atoms with Crippen molar-refractivity contribution in [1.82, 2.24) is 9.80 Å². The molecule has 0 bridgehead atoms. The van der Waals surface area contributed by atoms with E-state index in [1.807, 2.05) is 68.6 Å². The molecule has 0 aliphatic carbocycles. The van der Waals surface area contributed by atoms with Crippen LogP contribution < -0.4 is 14.8 Å². The van der Waals surface area contributed by atoms with Gasteiger partial charge in [0.15, 0.2) is 11.9 Å². The lowest BCUT2D eigenvalue weighted by molar-refractivity contribution is -0.124. The third-order valence-corrected chi connectivity index (χ3v) is 8.16. The molecule has 0 spiro atoms. The van der Waals surface area contributed by atoms with Crippen LogP contribution in [-0.2, 0) is 11.3 Å². The third-order valence-electron chi connectivity index (χ3n) is 8.16. The van der Waals surface area contributed by atoms with Crippen LogP contribution in [0.5, 0.6) is 17.2 Å². The third kappa shape index (κ3) is 7.92. The van der Waals surface area contributed by atoms with Gasteiger partial charge in [-0.05, 0) is 61.5 Å². The number of para-hydroxylation sites is 2. The van der Waals surface area contributed by atoms with Gasteiger partial charge < -0.3 is 29.9 Å². The van der Waals surface area contributed by atoms with E-state index in [0.717, 1.165) is 17.1 Å². The number of amides is 2. The van der Waals surface area contributed by atoms with Crippen molar-refractivity contribution in [2.75, 3.05) is 32.1 Å². The molecule has 1 heterocycles. The van der Waals surface area contributed by atoms with Crippen LogP contribution in [0.2, 0.25) is 0 Å². The van der Waals surface area contributed by atoms with Gasteiger partial charge in [-0.25, -0.2) is 0 Å². The Morgan fingerprint density at radius 1 is 0.978 bits per heavy atom. The highest BCUT2D eigenvalue weighted by Crippen LogP contribution is 2.35. The Bertz CT molecular complexity index is 1600. The zero-order valence-corrected chi connectivity index (χ0v) is 26.4. The number of benzene rings is 4. The number of anilines is 1. The van der Waals surface area contributed by atoms with E-state index in [0.29, 0.717) is 25.2 Å². The predicted molar refractivity (Wildman–Crippen MR) is 177 cm³/mol. The van der Waals surface area contributed by atoms with Crippen LogP contribution in [0, 0.1) is 5.92 Å². The summed E-state index contributed by atoms with van der Waals surface area (Å²) in [6.07, 6.45) is -1.78. The van der Waals surface area contributed by atoms with Crippen LogP contribution in [0.15, 0.2) is 103 Å². The second kappa shape index (κ2) is 15.1. The highest BCUT2D eigenvalue weighted by molar-refractivity contribution is 6.02. The molecule has 1 aliphatic heterocycles. The van der Waals surface area contributed by atoms with Crippen molar-refractivity contribution in [3.8, 4) is 17.2 Å². The van der Waals surface area contributed by atoms with Crippen molar-refractivity contribution in [1.29, 1.82) is 0 Å². The zero-order valence-electron chi connectivity index (χ0n) is 26.4. The SMILES string of the molecule is C[C@@H]1CN([C@@H](C)CO)C(=O)c2cccc(NC(=O)[C@H](O)c3ccccc3)c2O[C@@H]1CN(C)Cc1ccc(Oc2ccccc2)cc1. The number of nitrogens with one attached hydrogen (secondary N) is 1. The number of carbonyl (C=O) groups is 2. The molecule has 1 aliphatic rings. The molecule has 0 fully saturated rings. The van der Waals surface area contributed by atoms with E-state index in [2.05, 4.69) is 10.2 Å². The van der Waals surface area contributed by atoms with E-state index in [-0.39, 0.29) is 41.5 Å². The highest BCUT2D eigenvalue weighted by Gasteiger charge is 2.35. The molecule has 4 atom stereocenters. The quantitative estimate of drug-likeness (QED) is 0.202. The van der Waals surface area contributed by atoms with Gasteiger partial charge in [0.1, 0.15) is 17.6 Å². The van der Waals surface area contributed by atoms with Crippen LogP contribution in [0.25, 0.3) is 0 Å². The minimum absolute atomic E-state index is 0.117. The molecule has 0 radical (unpaired) electrons. The van der Waals surface area contributed by atoms with Gasteiger partial charge in [0.25, 0.3) is 11.8 Å². The summed E-state index contributed by atoms with van der Waals surface area (Å²) in [6.45, 7) is 5.18. The molecule has 46 heavy (non-hydrogen) atoms. The van der Waals surface area contributed by atoms with Gasteiger partial charge in [-0.2, -0.15) is 0 Å². The molecule has 2 amide bonds. The Kier molecular flexibility index (Phi) is 10.7. The second-order valence-electron chi connectivity index (χ2n) is 11.9. The molecule has 9 heteroatoms. The molecular formula is C37H41N3O6. The Hall–Kier alpha value is -4.70. The summed E-state index contributed by atoms with van der Waals surface area (Å²) >= 11 is 0. The zero-order chi connectivity index (χ0) is 32.6. The second-order valence-corrected chi connectivity index (χ2v) is 11.9. The normalized spacial score (nSPS) is 17.7. The molecule has 0 saturated carbocycles. The highest BCUT2D eigenvalue weighted by atomic mass is 16.5. The van der Waals surface area contributed by atoms with Crippen molar-refractivity contribution in [2.45, 2.75) is 38.6 Å².